The summed E-state index contributed by atoms with van der Waals surface area (Å²) in [6, 6.07) is 7.70. The minimum Gasteiger partial charge on any atom is -0.503 e. The fourth-order valence-corrected chi connectivity index (χ4v) is 2.01. The number of benzene rings is 1. The van der Waals surface area contributed by atoms with Crippen molar-refractivity contribution in [2.24, 2.45) is 0 Å². The Labute approximate surface area is 109 Å². The van der Waals surface area contributed by atoms with E-state index in [9.17, 15) is 4.79 Å². The number of hydrogen-bond acceptors (Lipinski definition) is 3. The topological polar surface area (TPSA) is 35.5 Å². The van der Waals surface area contributed by atoms with Crippen LogP contribution in [-0.2, 0) is 18.7 Å². The van der Waals surface area contributed by atoms with Gasteiger partial charge in [0.2, 0.25) is 0 Å². The first-order valence-corrected chi connectivity index (χ1v) is 6.22. The molecule has 16 heavy (non-hydrogen) atoms. The number of halogens is 1. The van der Waals surface area contributed by atoms with E-state index in [4.69, 9.17) is 9.47 Å². The fourth-order valence-electron chi connectivity index (χ4n) is 1.35. The molecule has 0 aliphatic heterocycles. The number of alkyl halides is 1. The highest BCUT2D eigenvalue weighted by molar-refractivity contribution is 14.1. The van der Waals surface area contributed by atoms with Gasteiger partial charge in [-0.05, 0) is 11.1 Å². The number of esters is 1. The molecule has 86 valence electrons. The Morgan fingerprint density at radius 1 is 1.38 bits per heavy atom. The van der Waals surface area contributed by atoms with E-state index in [1.165, 1.54) is 20.5 Å². The second-order valence-electron chi connectivity index (χ2n) is 3.05. The molecule has 1 aromatic rings. The molecule has 0 heterocycles. The van der Waals surface area contributed by atoms with Crippen LogP contribution in [0.2, 0.25) is 0 Å². The summed E-state index contributed by atoms with van der Waals surface area (Å²) in [5.74, 6) is -0.390. The van der Waals surface area contributed by atoms with Crippen molar-refractivity contribution in [1.82, 2.24) is 0 Å². The van der Waals surface area contributed by atoms with Gasteiger partial charge in [0, 0.05) is 4.43 Å². The van der Waals surface area contributed by atoms with Crippen LogP contribution in [0.4, 0.5) is 0 Å². The maximum atomic E-state index is 11.6. The standard InChI is InChI=1S/C12H13IO3/c1-15-8-11(12(14)16-2)10-6-4-3-5-9(10)7-13/h3-6,8H,7H2,1-2H3/b11-8+. The maximum Gasteiger partial charge on any atom is 0.341 e. The lowest BCUT2D eigenvalue weighted by Gasteiger charge is -2.09. The highest BCUT2D eigenvalue weighted by Crippen LogP contribution is 2.22. The Morgan fingerprint density at radius 2 is 2.06 bits per heavy atom. The number of carbonyl (C=O) groups excluding carboxylic acids is 1. The molecule has 0 fully saturated rings. The molecular weight excluding hydrogens is 319 g/mol. The molecule has 1 rings (SSSR count). The number of ether oxygens (including phenoxy) is 2. The van der Waals surface area contributed by atoms with Gasteiger partial charge in [-0.15, -0.1) is 0 Å². The van der Waals surface area contributed by atoms with Crippen LogP contribution in [0.25, 0.3) is 5.57 Å². The number of methoxy groups -OCH3 is 2. The lowest BCUT2D eigenvalue weighted by atomic mass is 10.0. The number of hydrogen-bond donors (Lipinski definition) is 0. The Hall–Kier alpha value is -1.04. The zero-order valence-electron chi connectivity index (χ0n) is 9.20. The van der Waals surface area contributed by atoms with E-state index in [1.807, 2.05) is 24.3 Å². The minimum absolute atomic E-state index is 0.390. The molecule has 1 aromatic carbocycles. The first-order valence-electron chi connectivity index (χ1n) is 4.70. The molecule has 0 saturated carbocycles. The Bertz CT molecular complexity index is 399. The quantitative estimate of drug-likeness (QED) is 0.280. The van der Waals surface area contributed by atoms with Crippen LogP contribution in [0.1, 0.15) is 11.1 Å². The summed E-state index contributed by atoms with van der Waals surface area (Å²) < 4.78 is 10.5. The second-order valence-corrected chi connectivity index (χ2v) is 3.81. The highest BCUT2D eigenvalue weighted by Gasteiger charge is 2.15. The molecule has 0 aliphatic carbocycles. The van der Waals surface area contributed by atoms with Crippen molar-refractivity contribution in [3.63, 3.8) is 0 Å². The zero-order valence-corrected chi connectivity index (χ0v) is 11.4. The smallest absolute Gasteiger partial charge is 0.341 e. The summed E-state index contributed by atoms with van der Waals surface area (Å²) >= 11 is 2.26. The lowest BCUT2D eigenvalue weighted by Crippen LogP contribution is -2.06. The van der Waals surface area contributed by atoms with Gasteiger partial charge in [0.1, 0.15) is 5.57 Å². The molecule has 0 radical (unpaired) electrons. The predicted molar refractivity (Wildman–Crippen MR) is 71.2 cm³/mol. The first kappa shape index (κ1) is 13.0. The van der Waals surface area contributed by atoms with Crippen molar-refractivity contribution in [3.05, 3.63) is 41.7 Å². The Balaban J connectivity index is 3.21. The van der Waals surface area contributed by atoms with Crippen LogP contribution in [0.3, 0.4) is 0 Å². The van der Waals surface area contributed by atoms with Crippen molar-refractivity contribution >= 4 is 34.1 Å². The molecule has 0 spiro atoms. The summed E-state index contributed by atoms with van der Waals surface area (Å²) in [6.45, 7) is 0. The highest BCUT2D eigenvalue weighted by atomic mass is 127. The number of rotatable bonds is 4. The summed E-state index contributed by atoms with van der Waals surface area (Å²) in [4.78, 5) is 11.6. The third-order valence-electron chi connectivity index (χ3n) is 2.09. The Kier molecular flexibility index (Phi) is 5.31. The van der Waals surface area contributed by atoms with Gasteiger partial charge in [0.05, 0.1) is 20.5 Å². The third kappa shape index (κ3) is 2.98. The van der Waals surface area contributed by atoms with Gasteiger partial charge >= 0.3 is 5.97 Å². The molecule has 0 atom stereocenters. The van der Waals surface area contributed by atoms with Crippen molar-refractivity contribution < 1.29 is 14.3 Å². The number of carbonyl (C=O) groups is 1. The fraction of sp³-hybridized carbons (Fsp3) is 0.250. The molecule has 0 N–H and O–H groups in total. The normalized spacial score (nSPS) is 11.1. The third-order valence-corrected chi connectivity index (χ3v) is 2.91. The van der Waals surface area contributed by atoms with Gasteiger partial charge in [-0.1, -0.05) is 46.9 Å². The van der Waals surface area contributed by atoms with Crippen LogP contribution >= 0.6 is 22.6 Å². The molecule has 0 unspecified atom stereocenters. The minimum atomic E-state index is -0.390. The van der Waals surface area contributed by atoms with Gasteiger partial charge in [-0.25, -0.2) is 4.79 Å². The lowest BCUT2D eigenvalue weighted by molar-refractivity contribution is -0.133. The van der Waals surface area contributed by atoms with E-state index in [0.29, 0.717) is 5.57 Å². The van der Waals surface area contributed by atoms with Crippen molar-refractivity contribution in [2.45, 2.75) is 4.43 Å². The molecule has 4 heteroatoms. The van der Waals surface area contributed by atoms with Gasteiger partial charge in [0.15, 0.2) is 0 Å². The molecule has 0 aromatic heterocycles. The van der Waals surface area contributed by atoms with Crippen LogP contribution < -0.4 is 0 Å². The van der Waals surface area contributed by atoms with Crippen LogP contribution in [0, 0.1) is 0 Å². The Morgan fingerprint density at radius 3 is 2.62 bits per heavy atom. The van der Waals surface area contributed by atoms with Crippen LogP contribution in [0.15, 0.2) is 30.5 Å². The second kappa shape index (κ2) is 6.52. The SMILES string of the molecule is CO/C=C(/C(=O)OC)c1ccccc1CI. The zero-order chi connectivity index (χ0) is 12.0. The molecule has 0 saturated heterocycles. The molecule has 0 bridgehead atoms. The van der Waals surface area contributed by atoms with E-state index in [1.54, 1.807) is 0 Å². The monoisotopic (exact) mass is 332 g/mol. The summed E-state index contributed by atoms with van der Waals surface area (Å²) in [6.07, 6.45) is 1.41. The molecule has 3 nitrogen and oxygen atoms in total. The van der Waals surface area contributed by atoms with Gasteiger partial charge in [-0.2, -0.15) is 0 Å². The molecule has 0 aliphatic rings. The van der Waals surface area contributed by atoms with E-state index in [0.717, 1.165) is 15.6 Å². The van der Waals surface area contributed by atoms with Gasteiger partial charge < -0.3 is 9.47 Å². The van der Waals surface area contributed by atoms with Crippen molar-refractivity contribution in [2.75, 3.05) is 14.2 Å². The summed E-state index contributed by atoms with van der Waals surface area (Å²) in [5.41, 5.74) is 2.37. The molecule has 0 amide bonds. The summed E-state index contributed by atoms with van der Waals surface area (Å²) in [7, 11) is 2.87. The summed E-state index contributed by atoms with van der Waals surface area (Å²) in [5, 5.41) is 0. The largest absolute Gasteiger partial charge is 0.503 e. The molecular formula is C12H13IO3. The van der Waals surface area contributed by atoms with Crippen LogP contribution in [0.5, 0.6) is 0 Å². The van der Waals surface area contributed by atoms with E-state index in [-0.39, 0.29) is 5.97 Å². The first-order chi connectivity index (χ1) is 7.74. The predicted octanol–water partition coefficient (Wildman–Crippen LogP) is 2.78. The van der Waals surface area contributed by atoms with E-state index >= 15 is 0 Å². The average Bonchev–Trinajstić information content (AvgIpc) is 2.35. The van der Waals surface area contributed by atoms with Gasteiger partial charge in [0.25, 0.3) is 0 Å². The van der Waals surface area contributed by atoms with Crippen molar-refractivity contribution in [3.8, 4) is 0 Å². The average molecular weight is 332 g/mol. The van der Waals surface area contributed by atoms with E-state index < -0.39 is 0 Å². The van der Waals surface area contributed by atoms with Crippen LogP contribution in [-0.4, -0.2) is 20.2 Å². The van der Waals surface area contributed by atoms with Crippen molar-refractivity contribution in [1.29, 1.82) is 0 Å². The van der Waals surface area contributed by atoms with Gasteiger partial charge in [-0.3, -0.25) is 0 Å². The maximum absolute atomic E-state index is 11.6. The van der Waals surface area contributed by atoms with E-state index in [2.05, 4.69) is 22.6 Å².